The third-order valence-electron chi connectivity index (χ3n) is 3.14. The summed E-state index contributed by atoms with van der Waals surface area (Å²) in [7, 11) is 1.52. The van der Waals surface area contributed by atoms with Crippen LogP contribution in [0.2, 0.25) is 0 Å². The second-order valence-electron chi connectivity index (χ2n) is 6.15. The van der Waals surface area contributed by atoms with E-state index in [2.05, 4.69) is 10.6 Å². The first-order valence-corrected chi connectivity index (χ1v) is 6.75. The number of nitrogens with zero attached hydrogens (tertiary/aromatic N) is 1. The van der Waals surface area contributed by atoms with Crippen molar-refractivity contribution in [3.63, 3.8) is 0 Å². The van der Waals surface area contributed by atoms with Crippen molar-refractivity contribution in [1.82, 2.24) is 15.5 Å². The van der Waals surface area contributed by atoms with Gasteiger partial charge in [0.2, 0.25) is 5.91 Å². The lowest BCUT2D eigenvalue weighted by Gasteiger charge is -2.28. The summed E-state index contributed by atoms with van der Waals surface area (Å²) in [6, 6.07) is 0. The van der Waals surface area contributed by atoms with Gasteiger partial charge in [0.25, 0.3) is 0 Å². The number of amides is 2. The zero-order valence-corrected chi connectivity index (χ0v) is 12.9. The SMILES string of the molecule is CNC(=O)CN1CCC(NC(=O)OC(C)(C)C)(C(=O)O)C1. The lowest BCUT2D eigenvalue weighted by atomic mass is 9.99. The molecule has 1 heterocycles. The third-order valence-corrected chi connectivity index (χ3v) is 3.14. The van der Waals surface area contributed by atoms with Gasteiger partial charge < -0.3 is 20.5 Å². The molecule has 8 heteroatoms. The van der Waals surface area contributed by atoms with Crippen molar-refractivity contribution in [1.29, 1.82) is 0 Å². The van der Waals surface area contributed by atoms with Gasteiger partial charge in [-0.25, -0.2) is 9.59 Å². The molecule has 0 aromatic rings. The summed E-state index contributed by atoms with van der Waals surface area (Å²) in [5.41, 5.74) is -2.12. The topological polar surface area (TPSA) is 108 Å². The van der Waals surface area contributed by atoms with E-state index < -0.39 is 23.2 Å². The van der Waals surface area contributed by atoms with Crippen molar-refractivity contribution in [2.24, 2.45) is 0 Å². The number of likely N-dealkylation sites (N-methyl/N-ethyl adjacent to an activating group) is 1. The van der Waals surface area contributed by atoms with Gasteiger partial charge in [0.1, 0.15) is 5.60 Å². The molecule has 0 bridgehead atoms. The Morgan fingerprint density at radius 3 is 2.43 bits per heavy atom. The minimum absolute atomic E-state index is 0.0645. The van der Waals surface area contributed by atoms with Crippen molar-refractivity contribution in [3.8, 4) is 0 Å². The maximum Gasteiger partial charge on any atom is 0.408 e. The average molecular weight is 301 g/mol. The van der Waals surface area contributed by atoms with Gasteiger partial charge in [-0.05, 0) is 27.2 Å². The highest BCUT2D eigenvalue weighted by Crippen LogP contribution is 2.22. The highest BCUT2D eigenvalue weighted by Gasteiger charge is 2.47. The zero-order chi connectivity index (χ0) is 16.3. The molecule has 1 rings (SSSR count). The van der Waals surface area contributed by atoms with Gasteiger partial charge in [0.05, 0.1) is 6.54 Å². The number of rotatable bonds is 4. The predicted octanol–water partition coefficient (Wildman–Crippen LogP) is -0.214. The molecule has 1 fully saturated rings. The first-order valence-electron chi connectivity index (χ1n) is 6.75. The van der Waals surface area contributed by atoms with Crippen molar-refractivity contribution >= 4 is 18.0 Å². The van der Waals surface area contributed by atoms with Crippen molar-refractivity contribution < 1.29 is 24.2 Å². The van der Waals surface area contributed by atoms with Crippen LogP contribution in [0, 0.1) is 0 Å². The molecule has 0 radical (unpaired) electrons. The monoisotopic (exact) mass is 301 g/mol. The quantitative estimate of drug-likeness (QED) is 0.663. The van der Waals surface area contributed by atoms with Gasteiger partial charge in [-0.1, -0.05) is 0 Å². The maximum atomic E-state index is 11.8. The standard InChI is InChI=1S/C13H23N3O5/c1-12(2,3)21-11(20)15-13(10(18)19)5-6-16(8-13)7-9(17)14-4/h5-8H2,1-4H3,(H,14,17)(H,15,20)(H,18,19). The molecular formula is C13H23N3O5. The normalized spacial score (nSPS) is 22.7. The molecule has 8 nitrogen and oxygen atoms in total. The molecule has 1 unspecified atom stereocenters. The number of carboxylic acids is 1. The second-order valence-corrected chi connectivity index (χ2v) is 6.15. The van der Waals surface area contributed by atoms with Crippen molar-refractivity contribution in [2.45, 2.75) is 38.3 Å². The predicted molar refractivity (Wildman–Crippen MR) is 74.9 cm³/mol. The van der Waals surface area contributed by atoms with Crippen LogP contribution in [-0.2, 0) is 14.3 Å². The Labute approximate surface area is 123 Å². The molecule has 3 N–H and O–H groups in total. The molecule has 2 amide bonds. The lowest BCUT2D eigenvalue weighted by Crippen LogP contribution is -2.57. The largest absolute Gasteiger partial charge is 0.479 e. The van der Waals surface area contributed by atoms with Crippen LogP contribution < -0.4 is 10.6 Å². The fraction of sp³-hybridized carbons (Fsp3) is 0.769. The van der Waals surface area contributed by atoms with E-state index in [9.17, 15) is 19.5 Å². The summed E-state index contributed by atoms with van der Waals surface area (Å²) in [6.07, 6.45) is -0.551. The number of nitrogens with one attached hydrogen (secondary N) is 2. The molecule has 0 aromatic heterocycles. The number of hydrogen-bond acceptors (Lipinski definition) is 5. The van der Waals surface area contributed by atoms with Gasteiger partial charge in [-0.2, -0.15) is 0 Å². The molecule has 1 atom stereocenters. The number of hydrogen-bond donors (Lipinski definition) is 3. The zero-order valence-electron chi connectivity index (χ0n) is 12.9. The van der Waals surface area contributed by atoms with E-state index in [1.165, 1.54) is 7.05 Å². The molecule has 120 valence electrons. The Hall–Kier alpha value is -1.83. The Balaban J connectivity index is 2.72. The Morgan fingerprint density at radius 2 is 1.95 bits per heavy atom. The Bertz CT molecular complexity index is 432. The molecule has 1 aliphatic heterocycles. The van der Waals surface area contributed by atoms with Crippen LogP contribution in [0.5, 0.6) is 0 Å². The van der Waals surface area contributed by atoms with Gasteiger partial charge in [-0.3, -0.25) is 9.69 Å². The molecule has 0 aromatic carbocycles. The minimum atomic E-state index is -1.42. The molecule has 1 saturated heterocycles. The van der Waals surface area contributed by atoms with Gasteiger partial charge >= 0.3 is 12.1 Å². The molecule has 0 spiro atoms. The summed E-state index contributed by atoms with van der Waals surface area (Å²) < 4.78 is 5.10. The molecule has 1 aliphatic rings. The second kappa shape index (κ2) is 6.30. The number of likely N-dealkylation sites (tertiary alicyclic amines) is 1. The van der Waals surface area contributed by atoms with Crippen LogP contribution in [0.3, 0.4) is 0 Å². The lowest BCUT2D eigenvalue weighted by molar-refractivity contribution is -0.144. The summed E-state index contributed by atoms with van der Waals surface area (Å²) in [6.45, 7) is 5.68. The van der Waals surface area contributed by atoms with Crippen LogP contribution in [0.25, 0.3) is 0 Å². The molecular weight excluding hydrogens is 278 g/mol. The van der Waals surface area contributed by atoms with Gasteiger partial charge in [0.15, 0.2) is 5.54 Å². The fourth-order valence-corrected chi connectivity index (χ4v) is 2.13. The van der Waals surface area contributed by atoms with E-state index in [4.69, 9.17) is 4.74 Å². The van der Waals surface area contributed by atoms with E-state index in [1.54, 1.807) is 25.7 Å². The minimum Gasteiger partial charge on any atom is -0.479 e. The van der Waals surface area contributed by atoms with Crippen LogP contribution in [-0.4, -0.2) is 65.8 Å². The summed E-state index contributed by atoms with van der Waals surface area (Å²) in [5, 5.41) is 14.3. The molecule has 0 saturated carbocycles. The smallest absolute Gasteiger partial charge is 0.408 e. The van der Waals surface area contributed by atoms with E-state index in [0.717, 1.165) is 0 Å². The third kappa shape index (κ3) is 4.89. The van der Waals surface area contributed by atoms with Crippen LogP contribution in [0.1, 0.15) is 27.2 Å². The number of carbonyl (C=O) groups excluding carboxylic acids is 2. The number of carboxylic acid groups (broad SMARTS) is 1. The first-order chi connectivity index (χ1) is 9.58. The number of aliphatic carboxylic acids is 1. The number of ether oxygens (including phenoxy) is 1. The van der Waals surface area contributed by atoms with Crippen molar-refractivity contribution in [2.75, 3.05) is 26.7 Å². The van der Waals surface area contributed by atoms with E-state index in [0.29, 0.717) is 6.54 Å². The average Bonchev–Trinajstić information content (AvgIpc) is 2.70. The fourth-order valence-electron chi connectivity index (χ4n) is 2.13. The first kappa shape index (κ1) is 17.2. The van der Waals surface area contributed by atoms with Crippen molar-refractivity contribution in [3.05, 3.63) is 0 Å². The van der Waals surface area contributed by atoms with E-state index in [1.807, 2.05) is 0 Å². The molecule has 21 heavy (non-hydrogen) atoms. The summed E-state index contributed by atoms with van der Waals surface area (Å²) in [5.74, 6) is -1.33. The van der Waals surface area contributed by atoms with Gasteiger partial charge in [-0.15, -0.1) is 0 Å². The highest BCUT2D eigenvalue weighted by atomic mass is 16.6. The maximum absolute atomic E-state index is 11.8. The highest BCUT2D eigenvalue weighted by molar-refractivity contribution is 5.85. The number of alkyl carbamates (subject to hydrolysis) is 1. The van der Waals surface area contributed by atoms with Crippen LogP contribution >= 0.6 is 0 Å². The Kier molecular flexibility index (Phi) is 5.16. The Morgan fingerprint density at radius 1 is 1.33 bits per heavy atom. The van der Waals surface area contributed by atoms with Crippen LogP contribution in [0.15, 0.2) is 0 Å². The molecule has 0 aliphatic carbocycles. The number of carbonyl (C=O) groups is 3. The van der Waals surface area contributed by atoms with Gasteiger partial charge in [0, 0.05) is 20.1 Å². The summed E-state index contributed by atoms with van der Waals surface area (Å²) in [4.78, 5) is 36.4. The van der Waals surface area contributed by atoms with E-state index >= 15 is 0 Å². The summed E-state index contributed by atoms with van der Waals surface area (Å²) >= 11 is 0. The van der Waals surface area contributed by atoms with E-state index in [-0.39, 0.29) is 25.4 Å². The van der Waals surface area contributed by atoms with Crippen LogP contribution in [0.4, 0.5) is 4.79 Å².